The summed E-state index contributed by atoms with van der Waals surface area (Å²) in [5.74, 6) is 0.267. The van der Waals surface area contributed by atoms with Crippen LogP contribution in [0.3, 0.4) is 0 Å². The quantitative estimate of drug-likeness (QED) is 0.773. The molecule has 5 nitrogen and oxygen atoms in total. The molecule has 1 amide bonds. The molecule has 5 heteroatoms. The van der Waals surface area contributed by atoms with E-state index in [0.717, 1.165) is 18.5 Å². The highest BCUT2D eigenvalue weighted by Gasteiger charge is 2.08. The fourth-order valence-corrected chi connectivity index (χ4v) is 1.66. The van der Waals surface area contributed by atoms with Crippen LogP contribution < -0.4 is 5.32 Å². The van der Waals surface area contributed by atoms with Gasteiger partial charge in [0.1, 0.15) is 5.75 Å². The predicted molar refractivity (Wildman–Crippen MR) is 68.6 cm³/mol. The summed E-state index contributed by atoms with van der Waals surface area (Å²) in [7, 11) is 0. The number of aromatic nitrogens is 2. The third-order valence-corrected chi connectivity index (χ3v) is 2.50. The zero-order chi connectivity index (χ0) is 13.0. The maximum Gasteiger partial charge on any atom is 0.256 e. The van der Waals surface area contributed by atoms with Gasteiger partial charge >= 0.3 is 0 Å². The Hall–Kier alpha value is -2.30. The summed E-state index contributed by atoms with van der Waals surface area (Å²) in [4.78, 5) is 11.9. The SMILES string of the molecule is CCCc1cc(NC(=O)c2cccc(O)c2)n[nH]1. The third-order valence-electron chi connectivity index (χ3n) is 2.50. The van der Waals surface area contributed by atoms with Crippen LogP contribution in [-0.4, -0.2) is 21.2 Å². The molecule has 0 aliphatic carbocycles. The number of rotatable bonds is 4. The zero-order valence-electron chi connectivity index (χ0n) is 10.1. The molecule has 3 N–H and O–H groups in total. The summed E-state index contributed by atoms with van der Waals surface area (Å²) in [5.41, 5.74) is 1.39. The Morgan fingerprint density at radius 2 is 2.28 bits per heavy atom. The van der Waals surface area contributed by atoms with Gasteiger partial charge in [-0.2, -0.15) is 5.10 Å². The van der Waals surface area contributed by atoms with Crippen LogP contribution in [0.1, 0.15) is 29.4 Å². The van der Waals surface area contributed by atoms with Gasteiger partial charge < -0.3 is 10.4 Å². The van der Waals surface area contributed by atoms with Crippen LogP contribution in [0, 0.1) is 0 Å². The summed E-state index contributed by atoms with van der Waals surface area (Å²) >= 11 is 0. The summed E-state index contributed by atoms with van der Waals surface area (Å²) in [6.07, 6.45) is 1.91. The molecule has 1 aromatic carbocycles. The first-order valence-corrected chi connectivity index (χ1v) is 5.83. The number of H-pyrrole nitrogens is 1. The number of carbonyl (C=O) groups is 1. The lowest BCUT2D eigenvalue weighted by atomic mass is 10.2. The van der Waals surface area contributed by atoms with E-state index in [2.05, 4.69) is 22.4 Å². The number of nitrogens with zero attached hydrogens (tertiary/aromatic N) is 1. The van der Waals surface area contributed by atoms with Crippen LogP contribution in [0.25, 0.3) is 0 Å². The average molecular weight is 245 g/mol. The maximum absolute atomic E-state index is 11.9. The number of aromatic amines is 1. The van der Waals surface area contributed by atoms with Crippen molar-refractivity contribution in [3.8, 4) is 5.75 Å². The number of benzene rings is 1. The van der Waals surface area contributed by atoms with Crippen molar-refractivity contribution in [1.82, 2.24) is 10.2 Å². The fraction of sp³-hybridized carbons (Fsp3) is 0.231. The van der Waals surface area contributed by atoms with Crippen molar-refractivity contribution in [2.24, 2.45) is 0 Å². The molecule has 0 unspecified atom stereocenters. The van der Waals surface area contributed by atoms with E-state index >= 15 is 0 Å². The second-order valence-electron chi connectivity index (χ2n) is 4.03. The number of nitrogens with one attached hydrogen (secondary N) is 2. The fourth-order valence-electron chi connectivity index (χ4n) is 1.66. The lowest BCUT2D eigenvalue weighted by molar-refractivity contribution is 0.102. The molecule has 0 radical (unpaired) electrons. The van der Waals surface area contributed by atoms with Crippen molar-refractivity contribution in [1.29, 1.82) is 0 Å². The Bertz CT molecular complexity index is 549. The number of aromatic hydroxyl groups is 1. The number of anilines is 1. The lowest BCUT2D eigenvalue weighted by Gasteiger charge is -2.01. The molecule has 0 saturated heterocycles. The molecule has 18 heavy (non-hydrogen) atoms. The second-order valence-corrected chi connectivity index (χ2v) is 4.03. The lowest BCUT2D eigenvalue weighted by Crippen LogP contribution is -2.11. The Kier molecular flexibility index (Phi) is 3.62. The molecule has 0 bridgehead atoms. The van der Waals surface area contributed by atoms with Gasteiger partial charge in [0, 0.05) is 17.3 Å². The highest BCUT2D eigenvalue weighted by Crippen LogP contribution is 2.13. The minimum absolute atomic E-state index is 0.0661. The molecule has 2 aromatic rings. The maximum atomic E-state index is 11.9. The molecule has 0 saturated carbocycles. The monoisotopic (exact) mass is 245 g/mol. The van der Waals surface area contributed by atoms with Crippen molar-refractivity contribution < 1.29 is 9.90 Å². The van der Waals surface area contributed by atoms with Gasteiger partial charge in [-0.05, 0) is 24.6 Å². The number of amides is 1. The molecular weight excluding hydrogens is 230 g/mol. The minimum atomic E-state index is -0.291. The Labute approximate surface area is 105 Å². The summed E-state index contributed by atoms with van der Waals surface area (Å²) < 4.78 is 0. The smallest absolute Gasteiger partial charge is 0.256 e. The van der Waals surface area contributed by atoms with Crippen molar-refractivity contribution >= 4 is 11.7 Å². The van der Waals surface area contributed by atoms with E-state index in [9.17, 15) is 9.90 Å². The van der Waals surface area contributed by atoms with Gasteiger partial charge in [-0.1, -0.05) is 19.4 Å². The third kappa shape index (κ3) is 2.88. The number of carbonyl (C=O) groups excluding carboxylic acids is 1. The van der Waals surface area contributed by atoms with E-state index in [1.54, 1.807) is 12.1 Å². The first kappa shape index (κ1) is 12.2. The van der Waals surface area contributed by atoms with Crippen molar-refractivity contribution in [3.63, 3.8) is 0 Å². The van der Waals surface area contributed by atoms with E-state index in [4.69, 9.17) is 0 Å². The van der Waals surface area contributed by atoms with Gasteiger partial charge in [0.05, 0.1) is 0 Å². The molecule has 0 aliphatic heterocycles. The average Bonchev–Trinajstić information content (AvgIpc) is 2.77. The van der Waals surface area contributed by atoms with Crippen LogP contribution >= 0.6 is 0 Å². The van der Waals surface area contributed by atoms with Gasteiger partial charge in [-0.3, -0.25) is 9.89 Å². The van der Waals surface area contributed by atoms with E-state index in [0.29, 0.717) is 11.4 Å². The molecule has 0 spiro atoms. The standard InChI is InChI=1S/C13H15N3O2/c1-2-4-10-8-12(16-15-10)14-13(18)9-5-3-6-11(17)7-9/h3,5-8,17H,2,4H2,1H3,(H2,14,15,16,18). The number of hydrogen-bond acceptors (Lipinski definition) is 3. The Morgan fingerprint density at radius 1 is 1.44 bits per heavy atom. The minimum Gasteiger partial charge on any atom is -0.508 e. The van der Waals surface area contributed by atoms with Gasteiger partial charge in [0.25, 0.3) is 5.91 Å². The van der Waals surface area contributed by atoms with Crippen molar-refractivity contribution in [2.45, 2.75) is 19.8 Å². The van der Waals surface area contributed by atoms with Crippen molar-refractivity contribution in [3.05, 3.63) is 41.6 Å². The Morgan fingerprint density at radius 3 is 3.00 bits per heavy atom. The van der Waals surface area contributed by atoms with E-state index in [1.807, 2.05) is 6.07 Å². The normalized spacial score (nSPS) is 10.3. The molecule has 2 rings (SSSR count). The predicted octanol–water partition coefficient (Wildman–Crippen LogP) is 2.32. The molecule has 94 valence electrons. The van der Waals surface area contributed by atoms with E-state index < -0.39 is 0 Å². The number of hydrogen-bond donors (Lipinski definition) is 3. The summed E-state index contributed by atoms with van der Waals surface area (Å²) in [6.45, 7) is 2.08. The first-order valence-electron chi connectivity index (χ1n) is 5.83. The highest BCUT2D eigenvalue weighted by molar-refractivity contribution is 6.03. The molecule has 0 aliphatic rings. The van der Waals surface area contributed by atoms with E-state index in [1.165, 1.54) is 12.1 Å². The first-order chi connectivity index (χ1) is 8.69. The topological polar surface area (TPSA) is 78.0 Å². The second kappa shape index (κ2) is 5.35. The Balaban J connectivity index is 2.06. The summed E-state index contributed by atoms with van der Waals surface area (Å²) in [6, 6.07) is 8.00. The van der Waals surface area contributed by atoms with Gasteiger partial charge in [0.15, 0.2) is 5.82 Å². The van der Waals surface area contributed by atoms with Crippen LogP contribution in [0.15, 0.2) is 30.3 Å². The van der Waals surface area contributed by atoms with Gasteiger partial charge in [0.2, 0.25) is 0 Å². The van der Waals surface area contributed by atoms with Crippen molar-refractivity contribution in [2.75, 3.05) is 5.32 Å². The number of phenolic OH excluding ortho intramolecular Hbond substituents is 1. The largest absolute Gasteiger partial charge is 0.508 e. The van der Waals surface area contributed by atoms with E-state index in [-0.39, 0.29) is 11.7 Å². The highest BCUT2D eigenvalue weighted by atomic mass is 16.3. The van der Waals surface area contributed by atoms with Crippen LogP contribution in [0.4, 0.5) is 5.82 Å². The number of phenols is 1. The zero-order valence-corrected chi connectivity index (χ0v) is 10.1. The van der Waals surface area contributed by atoms with Crippen LogP contribution in [-0.2, 0) is 6.42 Å². The molecule has 1 aromatic heterocycles. The number of aryl methyl sites for hydroxylation is 1. The van der Waals surface area contributed by atoms with Gasteiger partial charge in [-0.25, -0.2) is 0 Å². The van der Waals surface area contributed by atoms with Gasteiger partial charge in [-0.15, -0.1) is 0 Å². The molecule has 1 heterocycles. The summed E-state index contributed by atoms with van der Waals surface area (Å²) in [5, 5.41) is 18.8. The molecular formula is C13H15N3O2. The van der Waals surface area contributed by atoms with Crippen LogP contribution in [0.2, 0.25) is 0 Å². The molecule has 0 atom stereocenters. The van der Waals surface area contributed by atoms with Crippen LogP contribution in [0.5, 0.6) is 5.75 Å². The molecule has 0 fully saturated rings.